The van der Waals surface area contributed by atoms with Crippen molar-refractivity contribution < 1.29 is 23.8 Å². The summed E-state index contributed by atoms with van der Waals surface area (Å²) in [5.74, 6) is 1.21. The van der Waals surface area contributed by atoms with Gasteiger partial charge in [-0.05, 0) is 49.4 Å². The van der Waals surface area contributed by atoms with E-state index in [1.165, 1.54) is 11.8 Å². The number of esters is 1. The Hall–Kier alpha value is -2.67. The molecule has 7 heteroatoms. The lowest BCUT2D eigenvalue weighted by atomic mass is 10.2. The lowest BCUT2D eigenvalue weighted by Crippen LogP contribution is -2.14. The summed E-state index contributed by atoms with van der Waals surface area (Å²) in [4.78, 5) is 24.7. The largest absolute Gasteiger partial charge is 0.490 e. The van der Waals surface area contributed by atoms with Crippen molar-refractivity contribution in [2.45, 2.75) is 18.2 Å². The number of carbonyl (C=O) groups is 2. The molecule has 0 radical (unpaired) electrons. The Morgan fingerprint density at radius 1 is 1.07 bits per heavy atom. The summed E-state index contributed by atoms with van der Waals surface area (Å²) in [7, 11) is 0. The molecule has 0 aliphatic carbocycles. The number of rotatable bonds is 6. The van der Waals surface area contributed by atoms with Gasteiger partial charge in [0.1, 0.15) is 0 Å². The number of thioether (sulfide) groups is 1. The third-order valence-electron chi connectivity index (χ3n) is 3.77. The topological polar surface area (TPSA) is 73.9 Å². The highest BCUT2D eigenvalue weighted by atomic mass is 32.2. The van der Waals surface area contributed by atoms with Crippen LogP contribution in [0.25, 0.3) is 0 Å². The molecule has 2 aromatic carbocycles. The minimum Gasteiger partial charge on any atom is -0.490 e. The van der Waals surface area contributed by atoms with Crippen LogP contribution in [0.1, 0.15) is 23.7 Å². The molecule has 0 fully saturated rings. The van der Waals surface area contributed by atoms with E-state index in [4.69, 9.17) is 14.2 Å². The Kier molecular flexibility index (Phi) is 6.59. The van der Waals surface area contributed by atoms with Gasteiger partial charge in [-0.25, -0.2) is 4.79 Å². The van der Waals surface area contributed by atoms with E-state index in [1.54, 1.807) is 31.2 Å². The Morgan fingerprint density at radius 3 is 2.56 bits per heavy atom. The summed E-state index contributed by atoms with van der Waals surface area (Å²) in [5, 5.41) is 2.81. The fraction of sp³-hybridized carbons (Fsp3) is 0.300. The summed E-state index contributed by atoms with van der Waals surface area (Å²) in [6.45, 7) is 3.36. The molecule has 0 saturated carbocycles. The third-order valence-corrected chi connectivity index (χ3v) is 4.76. The Balaban J connectivity index is 1.52. The maximum Gasteiger partial charge on any atom is 0.338 e. The number of ether oxygens (including phenoxy) is 3. The van der Waals surface area contributed by atoms with E-state index < -0.39 is 0 Å². The fourth-order valence-electron chi connectivity index (χ4n) is 2.48. The van der Waals surface area contributed by atoms with E-state index >= 15 is 0 Å². The standard InChI is InChI=1S/C20H21NO5S/c1-2-24-20(23)14-4-6-15(7-5-14)21-19(22)13-27-16-8-9-17-18(12-16)26-11-3-10-25-17/h4-9,12H,2-3,10-11,13H2,1H3,(H,21,22). The van der Waals surface area contributed by atoms with Crippen LogP contribution in [0.4, 0.5) is 5.69 Å². The van der Waals surface area contributed by atoms with Gasteiger partial charge in [-0.1, -0.05) is 0 Å². The molecule has 0 spiro atoms. The average Bonchev–Trinajstić information content (AvgIpc) is 2.92. The molecule has 1 amide bonds. The number of anilines is 1. The van der Waals surface area contributed by atoms with Crippen molar-refractivity contribution in [1.29, 1.82) is 0 Å². The molecule has 0 bridgehead atoms. The van der Waals surface area contributed by atoms with Gasteiger partial charge in [0.25, 0.3) is 0 Å². The predicted molar refractivity (Wildman–Crippen MR) is 104 cm³/mol. The summed E-state index contributed by atoms with van der Waals surface area (Å²) >= 11 is 1.42. The zero-order valence-electron chi connectivity index (χ0n) is 15.0. The van der Waals surface area contributed by atoms with E-state index in [2.05, 4.69) is 5.32 Å². The van der Waals surface area contributed by atoms with Crippen LogP contribution in [0.5, 0.6) is 11.5 Å². The van der Waals surface area contributed by atoms with Crippen molar-refractivity contribution in [1.82, 2.24) is 0 Å². The number of carbonyl (C=O) groups excluding carboxylic acids is 2. The fourth-order valence-corrected chi connectivity index (χ4v) is 3.21. The first-order valence-electron chi connectivity index (χ1n) is 8.75. The van der Waals surface area contributed by atoms with Gasteiger partial charge in [0.15, 0.2) is 11.5 Å². The molecule has 0 atom stereocenters. The molecule has 2 aromatic rings. The Labute approximate surface area is 162 Å². The maximum absolute atomic E-state index is 12.2. The molecule has 0 unspecified atom stereocenters. The van der Waals surface area contributed by atoms with Crippen LogP contribution in [0.15, 0.2) is 47.4 Å². The first kappa shape index (κ1) is 19.1. The molecule has 0 aromatic heterocycles. The van der Waals surface area contributed by atoms with Gasteiger partial charge in [0.2, 0.25) is 5.91 Å². The first-order chi connectivity index (χ1) is 13.2. The van der Waals surface area contributed by atoms with Gasteiger partial charge in [0.05, 0.1) is 31.1 Å². The van der Waals surface area contributed by atoms with Crippen LogP contribution >= 0.6 is 11.8 Å². The van der Waals surface area contributed by atoms with Crippen LogP contribution in [0, 0.1) is 0 Å². The number of hydrogen-bond donors (Lipinski definition) is 1. The number of hydrogen-bond acceptors (Lipinski definition) is 6. The van der Waals surface area contributed by atoms with E-state index in [0.29, 0.717) is 36.8 Å². The van der Waals surface area contributed by atoms with Gasteiger partial charge in [0, 0.05) is 17.0 Å². The molecule has 1 N–H and O–H groups in total. The molecular weight excluding hydrogens is 366 g/mol. The predicted octanol–water partition coefficient (Wildman–Crippen LogP) is 3.76. The lowest BCUT2D eigenvalue weighted by Gasteiger charge is -2.09. The number of nitrogens with one attached hydrogen (secondary N) is 1. The van der Waals surface area contributed by atoms with Crippen molar-refractivity contribution in [2.75, 3.05) is 30.9 Å². The van der Waals surface area contributed by atoms with E-state index in [0.717, 1.165) is 17.1 Å². The van der Waals surface area contributed by atoms with Crippen molar-refractivity contribution in [3.63, 3.8) is 0 Å². The zero-order chi connectivity index (χ0) is 19.1. The molecule has 3 rings (SSSR count). The second-order valence-corrected chi connectivity index (χ2v) is 6.84. The smallest absolute Gasteiger partial charge is 0.338 e. The lowest BCUT2D eigenvalue weighted by molar-refractivity contribution is -0.113. The second-order valence-electron chi connectivity index (χ2n) is 5.79. The molecular formula is C20H21NO5S. The third kappa shape index (κ3) is 5.40. The zero-order valence-corrected chi connectivity index (χ0v) is 15.8. The summed E-state index contributed by atoms with van der Waals surface area (Å²) < 4.78 is 16.2. The van der Waals surface area contributed by atoms with Crippen LogP contribution in [-0.2, 0) is 9.53 Å². The highest BCUT2D eigenvalue weighted by molar-refractivity contribution is 8.00. The Morgan fingerprint density at radius 2 is 1.81 bits per heavy atom. The van der Waals surface area contributed by atoms with E-state index in [1.807, 2.05) is 18.2 Å². The number of benzene rings is 2. The van der Waals surface area contributed by atoms with Crippen LogP contribution in [0.2, 0.25) is 0 Å². The molecule has 27 heavy (non-hydrogen) atoms. The average molecular weight is 387 g/mol. The molecule has 1 aliphatic heterocycles. The van der Waals surface area contributed by atoms with Crippen molar-refractivity contribution >= 4 is 29.3 Å². The quantitative estimate of drug-likeness (QED) is 0.601. The highest BCUT2D eigenvalue weighted by Crippen LogP contribution is 2.33. The van der Waals surface area contributed by atoms with Crippen LogP contribution in [-0.4, -0.2) is 37.4 Å². The summed E-state index contributed by atoms with van der Waals surface area (Å²) in [6.07, 6.45) is 0.856. The maximum atomic E-state index is 12.2. The molecule has 142 valence electrons. The minimum atomic E-state index is -0.375. The normalized spacial score (nSPS) is 12.8. The minimum absolute atomic E-state index is 0.129. The van der Waals surface area contributed by atoms with E-state index in [9.17, 15) is 9.59 Å². The van der Waals surface area contributed by atoms with Crippen LogP contribution < -0.4 is 14.8 Å². The second kappa shape index (κ2) is 9.32. The van der Waals surface area contributed by atoms with Crippen molar-refractivity contribution in [3.8, 4) is 11.5 Å². The Bertz CT molecular complexity index is 807. The first-order valence-corrected chi connectivity index (χ1v) is 9.74. The molecule has 1 heterocycles. The van der Waals surface area contributed by atoms with Crippen molar-refractivity contribution in [2.24, 2.45) is 0 Å². The SMILES string of the molecule is CCOC(=O)c1ccc(NC(=O)CSc2ccc3c(c2)OCCCO3)cc1. The number of fused-ring (bicyclic) bond motifs is 1. The summed E-state index contributed by atoms with van der Waals surface area (Å²) in [5.41, 5.74) is 1.09. The van der Waals surface area contributed by atoms with Crippen molar-refractivity contribution in [3.05, 3.63) is 48.0 Å². The van der Waals surface area contributed by atoms with Crippen LogP contribution in [0.3, 0.4) is 0 Å². The summed E-state index contributed by atoms with van der Waals surface area (Å²) in [6, 6.07) is 12.3. The monoisotopic (exact) mass is 387 g/mol. The molecule has 6 nitrogen and oxygen atoms in total. The molecule has 1 aliphatic rings. The van der Waals surface area contributed by atoms with Gasteiger partial charge in [-0.2, -0.15) is 0 Å². The highest BCUT2D eigenvalue weighted by Gasteiger charge is 2.12. The van der Waals surface area contributed by atoms with Gasteiger partial charge >= 0.3 is 5.97 Å². The van der Waals surface area contributed by atoms with E-state index in [-0.39, 0.29) is 17.6 Å². The number of amides is 1. The molecule has 0 saturated heterocycles. The van der Waals surface area contributed by atoms with Gasteiger partial charge in [-0.15, -0.1) is 11.8 Å². The van der Waals surface area contributed by atoms with Gasteiger partial charge < -0.3 is 19.5 Å². The van der Waals surface area contributed by atoms with Gasteiger partial charge in [-0.3, -0.25) is 4.79 Å².